The van der Waals surface area contributed by atoms with Crippen molar-refractivity contribution in [3.05, 3.63) is 17.6 Å². The van der Waals surface area contributed by atoms with Gasteiger partial charge < -0.3 is 10.5 Å². The van der Waals surface area contributed by atoms with Gasteiger partial charge in [-0.25, -0.2) is 9.78 Å². The lowest BCUT2D eigenvalue weighted by molar-refractivity contribution is 0.0526. The standard InChI is InChI=1S/C17H27N5O2/c1-3-5-6-7-8-9-10-11-14-20-17-19-12-13(16(23)24-4-2)15(18)22(17)21-14/h12H,3-11,18H2,1-2H3. The number of carbonyl (C=O) groups is 1. The molecular weight excluding hydrogens is 306 g/mol. The first-order valence-electron chi connectivity index (χ1n) is 8.84. The molecule has 7 heteroatoms. The number of ether oxygens (including phenoxy) is 1. The van der Waals surface area contributed by atoms with Crippen molar-refractivity contribution in [2.24, 2.45) is 0 Å². The van der Waals surface area contributed by atoms with Crippen LogP contribution in [0.4, 0.5) is 5.82 Å². The number of unbranched alkanes of at least 4 members (excludes halogenated alkanes) is 6. The highest BCUT2D eigenvalue weighted by Gasteiger charge is 2.16. The molecule has 0 aromatic carbocycles. The topological polar surface area (TPSA) is 95.4 Å². The second-order valence-corrected chi connectivity index (χ2v) is 5.89. The van der Waals surface area contributed by atoms with Crippen LogP contribution in [0.25, 0.3) is 5.78 Å². The third kappa shape index (κ3) is 4.66. The average Bonchev–Trinajstić information content (AvgIpc) is 2.98. The number of nitrogens with two attached hydrogens (primary N) is 1. The minimum atomic E-state index is -0.492. The molecule has 0 fully saturated rings. The summed E-state index contributed by atoms with van der Waals surface area (Å²) >= 11 is 0. The Morgan fingerprint density at radius 2 is 1.88 bits per heavy atom. The molecule has 24 heavy (non-hydrogen) atoms. The van der Waals surface area contributed by atoms with Gasteiger partial charge in [0, 0.05) is 12.6 Å². The number of esters is 1. The maximum absolute atomic E-state index is 11.8. The van der Waals surface area contributed by atoms with Crippen LogP contribution in [0.15, 0.2) is 6.20 Å². The van der Waals surface area contributed by atoms with E-state index in [-0.39, 0.29) is 18.0 Å². The number of carbonyl (C=O) groups excluding carboxylic acids is 1. The average molecular weight is 333 g/mol. The van der Waals surface area contributed by atoms with Crippen LogP contribution in [0.3, 0.4) is 0 Å². The molecule has 0 aliphatic rings. The molecule has 0 saturated carbocycles. The number of aromatic nitrogens is 4. The van der Waals surface area contributed by atoms with E-state index in [4.69, 9.17) is 10.5 Å². The maximum Gasteiger partial charge on any atom is 0.343 e. The molecule has 0 aliphatic carbocycles. The Labute approximate surface area is 142 Å². The van der Waals surface area contributed by atoms with Crippen molar-refractivity contribution in [3.63, 3.8) is 0 Å². The quantitative estimate of drug-likeness (QED) is 0.530. The van der Waals surface area contributed by atoms with E-state index in [9.17, 15) is 4.79 Å². The highest BCUT2D eigenvalue weighted by Crippen LogP contribution is 2.14. The van der Waals surface area contributed by atoms with Crippen LogP contribution in [-0.2, 0) is 11.2 Å². The second kappa shape index (κ2) is 9.20. The predicted octanol–water partition coefficient (Wildman–Crippen LogP) is 3.18. The Hall–Kier alpha value is -2.18. The van der Waals surface area contributed by atoms with Crippen molar-refractivity contribution in [2.45, 2.75) is 65.2 Å². The number of anilines is 1. The second-order valence-electron chi connectivity index (χ2n) is 5.89. The van der Waals surface area contributed by atoms with Gasteiger partial charge >= 0.3 is 5.97 Å². The first kappa shape index (κ1) is 18.2. The summed E-state index contributed by atoms with van der Waals surface area (Å²) < 4.78 is 6.38. The molecule has 0 bridgehead atoms. The predicted molar refractivity (Wildman–Crippen MR) is 92.8 cm³/mol. The number of nitrogen functional groups attached to an aromatic ring is 1. The summed E-state index contributed by atoms with van der Waals surface area (Å²) in [7, 11) is 0. The summed E-state index contributed by atoms with van der Waals surface area (Å²) in [5, 5.41) is 4.37. The smallest absolute Gasteiger partial charge is 0.343 e. The molecule has 132 valence electrons. The van der Waals surface area contributed by atoms with Gasteiger partial charge in [-0.2, -0.15) is 9.50 Å². The van der Waals surface area contributed by atoms with Crippen LogP contribution >= 0.6 is 0 Å². The zero-order valence-corrected chi connectivity index (χ0v) is 14.6. The lowest BCUT2D eigenvalue weighted by atomic mass is 10.1. The van der Waals surface area contributed by atoms with E-state index in [1.165, 1.54) is 49.2 Å². The zero-order valence-electron chi connectivity index (χ0n) is 14.6. The number of nitrogens with zero attached hydrogens (tertiary/aromatic N) is 4. The van der Waals surface area contributed by atoms with E-state index in [2.05, 4.69) is 22.0 Å². The van der Waals surface area contributed by atoms with Gasteiger partial charge in [-0.05, 0) is 13.3 Å². The van der Waals surface area contributed by atoms with Gasteiger partial charge in [0.1, 0.15) is 11.4 Å². The third-order valence-corrected chi connectivity index (χ3v) is 3.95. The van der Waals surface area contributed by atoms with Crippen LogP contribution in [0, 0.1) is 0 Å². The van der Waals surface area contributed by atoms with Gasteiger partial charge in [0.2, 0.25) is 0 Å². The van der Waals surface area contributed by atoms with Gasteiger partial charge in [-0.3, -0.25) is 0 Å². The van der Waals surface area contributed by atoms with E-state index in [1.807, 2.05) is 0 Å². The molecule has 2 N–H and O–H groups in total. The fourth-order valence-electron chi connectivity index (χ4n) is 2.61. The van der Waals surface area contributed by atoms with Gasteiger partial charge in [0.05, 0.1) is 6.61 Å². The first-order chi connectivity index (χ1) is 11.7. The molecule has 0 spiro atoms. The molecule has 0 radical (unpaired) electrons. The summed E-state index contributed by atoms with van der Waals surface area (Å²) in [5.41, 5.74) is 6.23. The van der Waals surface area contributed by atoms with E-state index < -0.39 is 5.97 Å². The third-order valence-electron chi connectivity index (χ3n) is 3.95. The van der Waals surface area contributed by atoms with Crippen LogP contribution in [0.1, 0.15) is 75.0 Å². The molecule has 2 aromatic heterocycles. The summed E-state index contributed by atoms with van der Waals surface area (Å²) in [6.45, 7) is 4.26. The van der Waals surface area contributed by atoms with E-state index in [0.717, 1.165) is 12.8 Å². The Morgan fingerprint density at radius 3 is 2.58 bits per heavy atom. The fraction of sp³-hybridized carbons (Fsp3) is 0.647. The maximum atomic E-state index is 11.8. The molecule has 7 nitrogen and oxygen atoms in total. The van der Waals surface area contributed by atoms with E-state index in [1.54, 1.807) is 6.92 Å². The van der Waals surface area contributed by atoms with Crippen molar-refractivity contribution in [2.75, 3.05) is 12.3 Å². The Morgan fingerprint density at radius 1 is 1.17 bits per heavy atom. The van der Waals surface area contributed by atoms with Crippen molar-refractivity contribution in [1.82, 2.24) is 19.6 Å². The van der Waals surface area contributed by atoms with Crippen LogP contribution < -0.4 is 5.73 Å². The van der Waals surface area contributed by atoms with Gasteiger partial charge in [-0.15, -0.1) is 5.10 Å². The van der Waals surface area contributed by atoms with E-state index >= 15 is 0 Å². The molecule has 0 saturated heterocycles. The number of hydrogen-bond donors (Lipinski definition) is 1. The fourth-order valence-corrected chi connectivity index (χ4v) is 2.61. The number of hydrogen-bond acceptors (Lipinski definition) is 6. The van der Waals surface area contributed by atoms with Gasteiger partial charge in [0.25, 0.3) is 5.78 Å². The van der Waals surface area contributed by atoms with Gasteiger partial charge in [0.15, 0.2) is 5.82 Å². The SMILES string of the molecule is CCCCCCCCCc1nc2ncc(C(=O)OCC)c(N)n2n1. The summed E-state index contributed by atoms with van der Waals surface area (Å²) in [4.78, 5) is 20.4. The monoisotopic (exact) mass is 333 g/mol. The van der Waals surface area contributed by atoms with Crippen molar-refractivity contribution in [3.8, 4) is 0 Å². The molecular formula is C17H27N5O2. The molecule has 2 aromatic rings. The normalized spacial score (nSPS) is 11.1. The first-order valence-corrected chi connectivity index (χ1v) is 8.84. The van der Waals surface area contributed by atoms with Crippen molar-refractivity contribution in [1.29, 1.82) is 0 Å². The van der Waals surface area contributed by atoms with Crippen LogP contribution in [0.5, 0.6) is 0 Å². The lowest BCUT2D eigenvalue weighted by Crippen LogP contribution is -2.12. The molecule has 2 rings (SSSR count). The minimum Gasteiger partial charge on any atom is -0.462 e. The molecule has 0 aliphatic heterocycles. The number of fused-ring (bicyclic) bond motifs is 1. The molecule has 2 heterocycles. The molecule has 0 unspecified atom stereocenters. The highest BCUT2D eigenvalue weighted by molar-refractivity contribution is 5.94. The highest BCUT2D eigenvalue weighted by atomic mass is 16.5. The molecule has 0 amide bonds. The Balaban J connectivity index is 1.93. The van der Waals surface area contributed by atoms with Crippen LogP contribution in [-0.4, -0.2) is 32.2 Å². The lowest BCUT2D eigenvalue weighted by Gasteiger charge is -2.04. The Kier molecular flexibility index (Phi) is 6.96. The summed E-state index contributed by atoms with van der Waals surface area (Å²) in [6.07, 6.45) is 10.9. The van der Waals surface area contributed by atoms with Crippen molar-refractivity contribution >= 4 is 17.6 Å². The summed E-state index contributed by atoms with van der Waals surface area (Å²) in [5.74, 6) is 0.854. The summed E-state index contributed by atoms with van der Waals surface area (Å²) in [6, 6.07) is 0. The minimum absolute atomic E-state index is 0.219. The van der Waals surface area contributed by atoms with Gasteiger partial charge in [-0.1, -0.05) is 45.4 Å². The zero-order chi connectivity index (χ0) is 17.4. The number of rotatable bonds is 10. The largest absolute Gasteiger partial charge is 0.462 e. The number of aryl methyl sites for hydroxylation is 1. The van der Waals surface area contributed by atoms with Crippen LogP contribution in [0.2, 0.25) is 0 Å². The van der Waals surface area contributed by atoms with E-state index in [0.29, 0.717) is 11.6 Å². The molecule has 0 atom stereocenters. The van der Waals surface area contributed by atoms with Crippen molar-refractivity contribution < 1.29 is 9.53 Å². The Bertz CT molecular complexity index is 668.